The highest BCUT2D eigenvalue weighted by molar-refractivity contribution is 5.94. The van der Waals surface area contributed by atoms with Crippen molar-refractivity contribution in [3.05, 3.63) is 64.0 Å². The number of fused-ring (bicyclic) bond motifs is 1. The highest BCUT2D eigenvalue weighted by atomic mass is 16.4. The molecule has 2 heterocycles. The van der Waals surface area contributed by atoms with E-state index in [1.54, 1.807) is 24.4 Å². The summed E-state index contributed by atoms with van der Waals surface area (Å²) >= 11 is 0. The van der Waals surface area contributed by atoms with Crippen molar-refractivity contribution in [2.45, 2.75) is 25.8 Å². The van der Waals surface area contributed by atoms with E-state index in [2.05, 4.69) is 10.3 Å². The van der Waals surface area contributed by atoms with Crippen LogP contribution in [-0.2, 0) is 6.54 Å². The monoisotopic (exact) mass is 355 g/mol. The van der Waals surface area contributed by atoms with Gasteiger partial charge in [0.05, 0.1) is 11.3 Å². The van der Waals surface area contributed by atoms with Crippen LogP contribution in [0.2, 0.25) is 0 Å². The molecule has 1 aliphatic heterocycles. The summed E-state index contributed by atoms with van der Waals surface area (Å²) in [5, 5.41) is 21.3. The van der Waals surface area contributed by atoms with Crippen LogP contribution < -0.4 is 10.9 Å². The molecule has 0 radical (unpaired) electrons. The standard InChI is InChI=1S/C18H17N3O5/c22-16-13(18(25)26)10-20-15-11(5-3-4-8-21(15)16)9-19-14-7-2-1-6-12(14)17(23)24/h1-2,6-7,9-10,19H,3-5,8H2,(H,23,24)(H,25,26)/b11-9+. The molecular formula is C18H17N3O5. The first kappa shape index (κ1) is 17.4. The molecule has 0 saturated carbocycles. The van der Waals surface area contributed by atoms with Crippen molar-refractivity contribution in [1.82, 2.24) is 9.55 Å². The average molecular weight is 355 g/mol. The number of hydrogen-bond acceptors (Lipinski definition) is 5. The van der Waals surface area contributed by atoms with Crippen molar-refractivity contribution < 1.29 is 19.8 Å². The van der Waals surface area contributed by atoms with Gasteiger partial charge in [-0.1, -0.05) is 12.1 Å². The third kappa shape index (κ3) is 3.34. The van der Waals surface area contributed by atoms with E-state index in [9.17, 15) is 19.5 Å². The zero-order valence-corrected chi connectivity index (χ0v) is 13.8. The smallest absolute Gasteiger partial charge is 0.342 e. The van der Waals surface area contributed by atoms with E-state index in [0.29, 0.717) is 24.5 Å². The van der Waals surface area contributed by atoms with Gasteiger partial charge in [0.2, 0.25) is 0 Å². The lowest BCUT2D eigenvalue weighted by Gasteiger charge is -2.12. The Bertz CT molecular complexity index is 962. The first-order chi connectivity index (χ1) is 12.5. The number of anilines is 1. The Morgan fingerprint density at radius 2 is 1.85 bits per heavy atom. The lowest BCUT2D eigenvalue weighted by atomic mass is 10.1. The third-order valence-electron chi connectivity index (χ3n) is 4.20. The molecule has 0 amide bonds. The average Bonchev–Trinajstić information content (AvgIpc) is 2.83. The molecular weight excluding hydrogens is 338 g/mol. The Morgan fingerprint density at radius 3 is 2.58 bits per heavy atom. The van der Waals surface area contributed by atoms with Crippen LogP contribution in [0.3, 0.4) is 0 Å². The van der Waals surface area contributed by atoms with Gasteiger partial charge in [0, 0.05) is 24.5 Å². The Kier molecular flexibility index (Phi) is 4.83. The molecule has 1 aromatic heterocycles. The summed E-state index contributed by atoms with van der Waals surface area (Å²) in [6, 6.07) is 6.49. The summed E-state index contributed by atoms with van der Waals surface area (Å²) in [4.78, 5) is 39.0. The predicted molar refractivity (Wildman–Crippen MR) is 94.3 cm³/mol. The molecule has 0 bridgehead atoms. The Balaban J connectivity index is 2.01. The van der Waals surface area contributed by atoms with E-state index < -0.39 is 17.5 Å². The summed E-state index contributed by atoms with van der Waals surface area (Å²) in [5.41, 5.74) is 0.328. The number of para-hydroxylation sites is 1. The van der Waals surface area contributed by atoms with Crippen molar-refractivity contribution in [3.8, 4) is 0 Å². The van der Waals surface area contributed by atoms with Gasteiger partial charge in [0.15, 0.2) is 0 Å². The van der Waals surface area contributed by atoms with Gasteiger partial charge in [-0.3, -0.25) is 9.36 Å². The van der Waals surface area contributed by atoms with Gasteiger partial charge in [0.25, 0.3) is 5.56 Å². The molecule has 0 atom stereocenters. The maximum absolute atomic E-state index is 12.4. The molecule has 26 heavy (non-hydrogen) atoms. The maximum Gasteiger partial charge on any atom is 0.342 e. The van der Waals surface area contributed by atoms with E-state index in [-0.39, 0.29) is 11.1 Å². The largest absolute Gasteiger partial charge is 0.478 e. The quantitative estimate of drug-likeness (QED) is 0.769. The molecule has 2 aromatic rings. The number of allylic oxidation sites excluding steroid dienone is 1. The van der Waals surface area contributed by atoms with Gasteiger partial charge < -0.3 is 15.5 Å². The lowest BCUT2D eigenvalue weighted by Crippen LogP contribution is -2.29. The topological polar surface area (TPSA) is 122 Å². The zero-order chi connectivity index (χ0) is 18.7. The van der Waals surface area contributed by atoms with Crippen LogP contribution in [-0.4, -0.2) is 31.7 Å². The summed E-state index contributed by atoms with van der Waals surface area (Å²) in [6.45, 7) is 0.394. The highest BCUT2D eigenvalue weighted by Crippen LogP contribution is 2.24. The molecule has 0 spiro atoms. The van der Waals surface area contributed by atoms with E-state index >= 15 is 0 Å². The number of nitrogens with one attached hydrogen (secondary N) is 1. The number of rotatable bonds is 4. The summed E-state index contributed by atoms with van der Waals surface area (Å²) < 4.78 is 1.37. The zero-order valence-electron chi connectivity index (χ0n) is 13.8. The third-order valence-corrected chi connectivity index (χ3v) is 4.20. The number of carboxylic acids is 2. The second-order valence-corrected chi connectivity index (χ2v) is 5.88. The fraction of sp³-hybridized carbons (Fsp3) is 0.222. The lowest BCUT2D eigenvalue weighted by molar-refractivity contribution is 0.0684. The number of aromatic carboxylic acids is 2. The molecule has 134 valence electrons. The molecule has 8 heteroatoms. The Hall–Kier alpha value is -3.42. The predicted octanol–water partition coefficient (Wildman–Crippen LogP) is 2.28. The number of aromatic nitrogens is 2. The van der Waals surface area contributed by atoms with Crippen molar-refractivity contribution >= 4 is 23.2 Å². The second-order valence-electron chi connectivity index (χ2n) is 5.88. The van der Waals surface area contributed by atoms with E-state index in [1.807, 2.05) is 0 Å². The van der Waals surface area contributed by atoms with Crippen LogP contribution in [0, 0.1) is 0 Å². The molecule has 0 fully saturated rings. The summed E-state index contributed by atoms with van der Waals surface area (Å²) in [7, 11) is 0. The van der Waals surface area contributed by atoms with Gasteiger partial charge in [-0.15, -0.1) is 0 Å². The van der Waals surface area contributed by atoms with Gasteiger partial charge in [-0.25, -0.2) is 14.6 Å². The molecule has 1 aliphatic rings. The van der Waals surface area contributed by atoms with Crippen LogP contribution >= 0.6 is 0 Å². The van der Waals surface area contributed by atoms with E-state index in [1.165, 1.54) is 10.6 Å². The van der Waals surface area contributed by atoms with Crippen LogP contribution in [0.1, 0.15) is 45.8 Å². The number of carboxylic acid groups (broad SMARTS) is 2. The number of hydrogen-bond donors (Lipinski definition) is 3. The molecule has 0 aliphatic carbocycles. The van der Waals surface area contributed by atoms with Gasteiger partial charge in [0.1, 0.15) is 11.4 Å². The van der Waals surface area contributed by atoms with Crippen LogP contribution in [0.5, 0.6) is 0 Å². The second kappa shape index (κ2) is 7.22. The van der Waals surface area contributed by atoms with Gasteiger partial charge in [-0.2, -0.15) is 0 Å². The number of nitrogens with zero attached hydrogens (tertiary/aromatic N) is 2. The van der Waals surface area contributed by atoms with Crippen LogP contribution in [0.15, 0.2) is 41.5 Å². The van der Waals surface area contributed by atoms with Crippen LogP contribution in [0.25, 0.3) is 5.57 Å². The molecule has 0 saturated heterocycles. The Morgan fingerprint density at radius 1 is 1.12 bits per heavy atom. The molecule has 8 nitrogen and oxygen atoms in total. The van der Waals surface area contributed by atoms with E-state index in [4.69, 9.17) is 5.11 Å². The van der Waals surface area contributed by atoms with Crippen molar-refractivity contribution in [1.29, 1.82) is 0 Å². The van der Waals surface area contributed by atoms with Gasteiger partial charge in [-0.05, 0) is 31.4 Å². The SMILES string of the molecule is O=C(O)c1ccccc1N/C=C1\CCCCn2c1ncc(C(=O)O)c2=O. The fourth-order valence-electron chi connectivity index (χ4n) is 2.90. The first-order valence-electron chi connectivity index (χ1n) is 8.10. The molecule has 0 unspecified atom stereocenters. The summed E-state index contributed by atoms with van der Waals surface area (Å²) in [6.07, 6.45) is 4.87. The first-order valence-corrected chi connectivity index (χ1v) is 8.10. The van der Waals surface area contributed by atoms with Crippen molar-refractivity contribution in [2.75, 3.05) is 5.32 Å². The molecule has 1 aromatic carbocycles. The number of carbonyl (C=O) groups is 2. The van der Waals surface area contributed by atoms with Crippen LogP contribution in [0.4, 0.5) is 5.69 Å². The van der Waals surface area contributed by atoms with Gasteiger partial charge >= 0.3 is 11.9 Å². The summed E-state index contributed by atoms with van der Waals surface area (Å²) in [5.74, 6) is -1.95. The minimum Gasteiger partial charge on any atom is -0.478 e. The van der Waals surface area contributed by atoms with Crippen molar-refractivity contribution in [3.63, 3.8) is 0 Å². The highest BCUT2D eigenvalue weighted by Gasteiger charge is 2.20. The van der Waals surface area contributed by atoms with Crippen molar-refractivity contribution in [2.24, 2.45) is 0 Å². The Labute approximate surface area is 148 Å². The maximum atomic E-state index is 12.4. The minimum atomic E-state index is -1.30. The number of benzene rings is 1. The molecule has 3 N–H and O–H groups in total. The van der Waals surface area contributed by atoms with E-state index in [0.717, 1.165) is 24.6 Å². The normalized spacial score (nSPS) is 15.2. The molecule has 3 rings (SSSR count). The minimum absolute atomic E-state index is 0.129. The fourth-order valence-corrected chi connectivity index (χ4v) is 2.90.